The van der Waals surface area contributed by atoms with Gasteiger partial charge in [0.05, 0.1) is 16.5 Å². The molecule has 0 aliphatic carbocycles. The Kier molecular flexibility index (Phi) is 4.53. The molecular weight excluding hydrogens is 274 g/mol. The molecule has 4 nitrogen and oxygen atoms in total. The summed E-state index contributed by atoms with van der Waals surface area (Å²) in [4.78, 5) is 24.2. The summed E-state index contributed by atoms with van der Waals surface area (Å²) in [6, 6.07) is 10.2. The molecule has 0 aliphatic heterocycles. The first-order chi connectivity index (χ1) is 9.56. The summed E-state index contributed by atoms with van der Waals surface area (Å²) in [5, 5.41) is 4.62. The van der Waals surface area contributed by atoms with E-state index in [4.69, 9.17) is 4.74 Å². The van der Waals surface area contributed by atoms with E-state index in [1.54, 1.807) is 44.2 Å². The number of nitrogens with one attached hydrogen (secondary N) is 1. The monoisotopic (exact) mass is 289 g/mol. The third-order valence-corrected chi connectivity index (χ3v) is 3.33. The van der Waals surface area contributed by atoms with Crippen LogP contribution in [0.3, 0.4) is 0 Å². The molecule has 0 saturated heterocycles. The first kappa shape index (κ1) is 14.3. The van der Waals surface area contributed by atoms with Crippen molar-refractivity contribution in [1.29, 1.82) is 0 Å². The van der Waals surface area contributed by atoms with Gasteiger partial charge in [-0.25, -0.2) is 4.79 Å². The number of benzene rings is 1. The van der Waals surface area contributed by atoms with Gasteiger partial charge in [-0.2, -0.15) is 0 Å². The van der Waals surface area contributed by atoms with Gasteiger partial charge in [-0.3, -0.25) is 4.79 Å². The number of thiophene rings is 1. The summed E-state index contributed by atoms with van der Waals surface area (Å²) in [5.41, 5.74) is 1.11. The molecule has 0 aliphatic rings. The number of carbonyl (C=O) groups is 2. The minimum absolute atomic E-state index is 0.152. The van der Waals surface area contributed by atoms with Gasteiger partial charge >= 0.3 is 5.97 Å². The second kappa shape index (κ2) is 6.34. The van der Waals surface area contributed by atoms with E-state index in [1.807, 2.05) is 11.4 Å². The zero-order valence-corrected chi connectivity index (χ0v) is 12.1. The molecule has 1 amide bonds. The third-order valence-electron chi connectivity index (χ3n) is 2.47. The van der Waals surface area contributed by atoms with Crippen LogP contribution in [-0.4, -0.2) is 18.0 Å². The van der Waals surface area contributed by atoms with Gasteiger partial charge in [-0.05, 0) is 49.6 Å². The Bertz CT molecular complexity index is 588. The fraction of sp³-hybridized carbons (Fsp3) is 0.200. The Hall–Kier alpha value is -2.14. The molecule has 1 aromatic carbocycles. The van der Waals surface area contributed by atoms with E-state index >= 15 is 0 Å². The van der Waals surface area contributed by atoms with Crippen molar-refractivity contribution < 1.29 is 14.3 Å². The minimum atomic E-state index is -0.365. The number of esters is 1. The van der Waals surface area contributed by atoms with E-state index < -0.39 is 0 Å². The van der Waals surface area contributed by atoms with Crippen LogP contribution in [-0.2, 0) is 4.74 Å². The fourth-order valence-electron chi connectivity index (χ4n) is 1.57. The molecule has 1 heterocycles. The lowest BCUT2D eigenvalue weighted by atomic mass is 10.2. The topological polar surface area (TPSA) is 55.4 Å². The normalized spacial score (nSPS) is 10.3. The van der Waals surface area contributed by atoms with Crippen molar-refractivity contribution in [2.45, 2.75) is 20.0 Å². The Balaban J connectivity index is 2.01. The Labute approximate surface area is 121 Å². The van der Waals surface area contributed by atoms with E-state index in [0.717, 1.165) is 0 Å². The van der Waals surface area contributed by atoms with Gasteiger partial charge in [0.15, 0.2) is 0 Å². The largest absolute Gasteiger partial charge is 0.459 e. The van der Waals surface area contributed by atoms with Crippen molar-refractivity contribution >= 4 is 28.9 Å². The Morgan fingerprint density at radius 2 is 1.85 bits per heavy atom. The molecule has 2 aromatic rings. The molecule has 0 atom stereocenters. The van der Waals surface area contributed by atoms with Gasteiger partial charge in [-0.15, -0.1) is 11.3 Å². The van der Waals surface area contributed by atoms with E-state index in [2.05, 4.69) is 5.32 Å². The molecule has 1 N–H and O–H groups in total. The first-order valence-electron chi connectivity index (χ1n) is 6.22. The lowest BCUT2D eigenvalue weighted by Crippen LogP contribution is -2.12. The summed E-state index contributed by atoms with van der Waals surface area (Å²) in [6.45, 7) is 3.60. The molecule has 0 fully saturated rings. The van der Waals surface area contributed by atoms with Crippen LogP contribution in [0.4, 0.5) is 5.69 Å². The predicted molar refractivity (Wildman–Crippen MR) is 79.3 cm³/mol. The maximum atomic E-state index is 11.8. The summed E-state index contributed by atoms with van der Waals surface area (Å²) in [5.74, 6) is -0.520. The Morgan fingerprint density at radius 1 is 1.15 bits per heavy atom. The van der Waals surface area contributed by atoms with E-state index in [0.29, 0.717) is 16.1 Å². The second-order valence-electron chi connectivity index (χ2n) is 4.46. The molecular formula is C15H15NO3S. The van der Waals surface area contributed by atoms with Crippen molar-refractivity contribution in [3.05, 3.63) is 52.2 Å². The van der Waals surface area contributed by atoms with Crippen molar-refractivity contribution in [3.63, 3.8) is 0 Å². The molecule has 5 heteroatoms. The van der Waals surface area contributed by atoms with Crippen molar-refractivity contribution in [3.8, 4) is 0 Å². The molecule has 20 heavy (non-hydrogen) atoms. The van der Waals surface area contributed by atoms with Crippen LogP contribution in [0.5, 0.6) is 0 Å². The number of hydrogen-bond donors (Lipinski definition) is 1. The SMILES string of the molecule is CC(C)OC(=O)c1ccc(NC(=O)c2cccs2)cc1. The van der Waals surface area contributed by atoms with Crippen LogP contribution in [0.2, 0.25) is 0 Å². The lowest BCUT2D eigenvalue weighted by molar-refractivity contribution is 0.0378. The quantitative estimate of drug-likeness (QED) is 0.875. The number of ether oxygens (including phenoxy) is 1. The lowest BCUT2D eigenvalue weighted by Gasteiger charge is -2.08. The van der Waals surface area contributed by atoms with E-state index in [-0.39, 0.29) is 18.0 Å². The minimum Gasteiger partial charge on any atom is -0.459 e. The average Bonchev–Trinajstić information content (AvgIpc) is 2.92. The first-order valence-corrected chi connectivity index (χ1v) is 7.10. The molecule has 0 saturated carbocycles. The second-order valence-corrected chi connectivity index (χ2v) is 5.41. The van der Waals surface area contributed by atoms with Gasteiger partial charge in [0.25, 0.3) is 5.91 Å². The van der Waals surface area contributed by atoms with E-state index in [1.165, 1.54) is 11.3 Å². The van der Waals surface area contributed by atoms with Crippen LogP contribution in [0.15, 0.2) is 41.8 Å². The number of amides is 1. The maximum absolute atomic E-state index is 11.8. The summed E-state index contributed by atoms with van der Waals surface area (Å²) < 4.78 is 5.09. The number of anilines is 1. The molecule has 0 spiro atoms. The Morgan fingerprint density at radius 3 is 2.40 bits per heavy atom. The number of hydrogen-bond acceptors (Lipinski definition) is 4. The molecule has 0 unspecified atom stereocenters. The van der Waals surface area contributed by atoms with Crippen molar-refractivity contribution in [1.82, 2.24) is 0 Å². The highest BCUT2D eigenvalue weighted by atomic mass is 32.1. The highest BCUT2D eigenvalue weighted by molar-refractivity contribution is 7.12. The summed E-state index contributed by atoms with van der Waals surface area (Å²) in [7, 11) is 0. The number of rotatable bonds is 4. The van der Waals surface area contributed by atoms with Crippen molar-refractivity contribution in [2.24, 2.45) is 0 Å². The van der Waals surface area contributed by atoms with Gasteiger partial charge < -0.3 is 10.1 Å². The highest BCUT2D eigenvalue weighted by Crippen LogP contribution is 2.15. The van der Waals surface area contributed by atoms with Crippen LogP contribution in [0.25, 0.3) is 0 Å². The van der Waals surface area contributed by atoms with Gasteiger partial charge in [0.1, 0.15) is 0 Å². The molecule has 1 aromatic heterocycles. The molecule has 0 radical (unpaired) electrons. The number of carbonyl (C=O) groups excluding carboxylic acids is 2. The third kappa shape index (κ3) is 3.68. The maximum Gasteiger partial charge on any atom is 0.338 e. The molecule has 2 rings (SSSR count). The standard InChI is InChI=1S/C15H15NO3S/c1-10(2)19-15(18)11-5-7-12(8-6-11)16-14(17)13-4-3-9-20-13/h3-10H,1-2H3,(H,16,17). The van der Waals surface area contributed by atoms with Crippen LogP contribution < -0.4 is 5.32 Å². The smallest absolute Gasteiger partial charge is 0.338 e. The van der Waals surface area contributed by atoms with Gasteiger partial charge in [0.2, 0.25) is 0 Å². The zero-order chi connectivity index (χ0) is 14.5. The van der Waals surface area contributed by atoms with Crippen LogP contribution in [0, 0.1) is 0 Å². The average molecular weight is 289 g/mol. The molecule has 0 bridgehead atoms. The van der Waals surface area contributed by atoms with Crippen LogP contribution >= 0.6 is 11.3 Å². The summed E-state index contributed by atoms with van der Waals surface area (Å²) >= 11 is 1.38. The van der Waals surface area contributed by atoms with Crippen LogP contribution in [0.1, 0.15) is 33.9 Å². The highest BCUT2D eigenvalue weighted by Gasteiger charge is 2.10. The molecule has 104 valence electrons. The van der Waals surface area contributed by atoms with Gasteiger partial charge in [-0.1, -0.05) is 6.07 Å². The van der Waals surface area contributed by atoms with E-state index in [9.17, 15) is 9.59 Å². The van der Waals surface area contributed by atoms with Gasteiger partial charge in [0, 0.05) is 5.69 Å². The fourth-order valence-corrected chi connectivity index (χ4v) is 2.19. The summed E-state index contributed by atoms with van der Waals surface area (Å²) in [6.07, 6.45) is -0.152. The van der Waals surface area contributed by atoms with Crippen molar-refractivity contribution in [2.75, 3.05) is 5.32 Å². The zero-order valence-electron chi connectivity index (χ0n) is 11.3. The predicted octanol–water partition coefficient (Wildman–Crippen LogP) is 3.57.